The van der Waals surface area contributed by atoms with Crippen LogP contribution in [0.25, 0.3) is 0 Å². The molecule has 20 heavy (non-hydrogen) atoms. The molecular weight excluding hydrogens is 272 g/mol. The second-order valence-corrected chi connectivity index (χ2v) is 7.59. The first-order valence-electron chi connectivity index (χ1n) is 7.30. The number of hydrogen-bond acceptors (Lipinski definition) is 3. The van der Waals surface area contributed by atoms with Crippen molar-refractivity contribution in [3.63, 3.8) is 0 Å². The van der Waals surface area contributed by atoms with Gasteiger partial charge in [-0.25, -0.2) is 13.1 Å². The molecule has 0 heterocycles. The Morgan fingerprint density at radius 1 is 1.25 bits per heavy atom. The molecule has 0 aliphatic heterocycles. The molecule has 0 spiro atoms. The third-order valence-corrected chi connectivity index (χ3v) is 5.47. The fourth-order valence-corrected chi connectivity index (χ4v) is 3.94. The molecule has 2 atom stereocenters. The summed E-state index contributed by atoms with van der Waals surface area (Å²) in [7, 11) is -3.38. The van der Waals surface area contributed by atoms with Crippen LogP contribution in [0, 0.1) is 11.8 Å². The van der Waals surface area contributed by atoms with Crippen molar-refractivity contribution >= 4 is 10.0 Å². The van der Waals surface area contributed by atoms with Crippen molar-refractivity contribution in [1.82, 2.24) is 4.72 Å². The van der Waals surface area contributed by atoms with Crippen LogP contribution in [0.4, 0.5) is 0 Å². The lowest BCUT2D eigenvalue weighted by Gasteiger charge is -2.12. The van der Waals surface area contributed by atoms with E-state index >= 15 is 0 Å². The SMILES string of the molecule is CC1CCC(CNS(=O)(=O)c2ccc(CCN)cc2)C1. The van der Waals surface area contributed by atoms with Crippen LogP contribution >= 0.6 is 0 Å². The summed E-state index contributed by atoms with van der Waals surface area (Å²) < 4.78 is 27.1. The molecule has 1 aromatic carbocycles. The fraction of sp³-hybridized carbons (Fsp3) is 0.600. The summed E-state index contributed by atoms with van der Waals surface area (Å²) in [5.41, 5.74) is 6.55. The van der Waals surface area contributed by atoms with E-state index in [2.05, 4.69) is 11.6 Å². The van der Waals surface area contributed by atoms with Crippen LogP contribution in [-0.4, -0.2) is 21.5 Å². The molecule has 0 radical (unpaired) electrons. The van der Waals surface area contributed by atoms with Gasteiger partial charge in [-0.3, -0.25) is 0 Å². The lowest BCUT2D eigenvalue weighted by Crippen LogP contribution is -2.28. The Morgan fingerprint density at radius 2 is 1.95 bits per heavy atom. The van der Waals surface area contributed by atoms with E-state index in [1.165, 1.54) is 6.42 Å². The lowest BCUT2D eigenvalue weighted by atomic mass is 10.1. The Morgan fingerprint density at radius 3 is 2.50 bits per heavy atom. The van der Waals surface area contributed by atoms with Gasteiger partial charge in [-0.15, -0.1) is 0 Å². The number of sulfonamides is 1. The first-order valence-corrected chi connectivity index (χ1v) is 8.78. The van der Waals surface area contributed by atoms with E-state index in [0.717, 1.165) is 30.7 Å². The fourth-order valence-electron chi connectivity index (χ4n) is 2.82. The van der Waals surface area contributed by atoms with Crippen LogP contribution in [0.15, 0.2) is 29.2 Å². The summed E-state index contributed by atoms with van der Waals surface area (Å²) in [4.78, 5) is 0.337. The van der Waals surface area contributed by atoms with Crippen molar-refractivity contribution in [2.45, 2.75) is 37.5 Å². The molecule has 0 aromatic heterocycles. The van der Waals surface area contributed by atoms with Gasteiger partial charge >= 0.3 is 0 Å². The second kappa shape index (κ2) is 6.70. The molecule has 0 saturated heterocycles. The molecule has 1 aliphatic rings. The summed E-state index contributed by atoms with van der Waals surface area (Å²) in [5, 5.41) is 0. The highest BCUT2D eigenvalue weighted by Crippen LogP contribution is 2.29. The number of hydrogen-bond donors (Lipinski definition) is 2. The van der Waals surface area contributed by atoms with Gasteiger partial charge in [0.1, 0.15) is 0 Å². The highest BCUT2D eigenvalue weighted by atomic mass is 32.2. The number of nitrogens with one attached hydrogen (secondary N) is 1. The predicted octanol–water partition coefficient (Wildman–Crippen LogP) is 1.90. The van der Waals surface area contributed by atoms with Crippen molar-refractivity contribution in [3.05, 3.63) is 29.8 Å². The molecule has 3 N–H and O–H groups in total. The first-order chi connectivity index (χ1) is 9.51. The standard InChI is InChI=1S/C15H24N2O2S/c1-12-2-3-14(10-12)11-17-20(18,19)15-6-4-13(5-7-15)8-9-16/h4-7,12,14,17H,2-3,8-11,16H2,1H3. The van der Waals surface area contributed by atoms with E-state index in [0.29, 0.717) is 23.9 Å². The highest BCUT2D eigenvalue weighted by Gasteiger charge is 2.23. The van der Waals surface area contributed by atoms with Crippen molar-refractivity contribution in [3.8, 4) is 0 Å². The largest absolute Gasteiger partial charge is 0.330 e. The highest BCUT2D eigenvalue weighted by molar-refractivity contribution is 7.89. The summed E-state index contributed by atoms with van der Waals surface area (Å²) >= 11 is 0. The van der Waals surface area contributed by atoms with E-state index in [1.54, 1.807) is 12.1 Å². The van der Waals surface area contributed by atoms with Gasteiger partial charge in [0, 0.05) is 6.54 Å². The van der Waals surface area contributed by atoms with Gasteiger partial charge < -0.3 is 5.73 Å². The Labute approximate surface area is 121 Å². The number of benzene rings is 1. The van der Waals surface area contributed by atoms with Crippen molar-refractivity contribution < 1.29 is 8.42 Å². The zero-order valence-electron chi connectivity index (χ0n) is 12.0. The van der Waals surface area contributed by atoms with E-state index in [1.807, 2.05) is 12.1 Å². The number of nitrogens with two attached hydrogens (primary N) is 1. The second-order valence-electron chi connectivity index (χ2n) is 5.82. The molecule has 0 amide bonds. The Bertz CT molecular complexity index is 525. The van der Waals surface area contributed by atoms with Crippen molar-refractivity contribution in [2.75, 3.05) is 13.1 Å². The molecule has 2 rings (SSSR count). The zero-order chi connectivity index (χ0) is 14.6. The molecule has 0 bridgehead atoms. The van der Waals surface area contributed by atoms with E-state index in [-0.39, 0.29) is 0 Å². The average molecular weight is 296 g/mol. The summed E-state index contributed by atoms with van der Waals surface area (Å²) in [6.07, 6.45) is 4.23. The van der Waals surface area contributed by atoms with Crippen LogP contribution in [0.3, 0.4) is 0 Å². The quantitative estimate of drug-likeness (QED) is 0.842. The molecule has 4 nitrogen and oxygen atoms in total. The van der Waals surface area contributed by atoms with Gasteiger partial charge in [-0.05, 0) is 55.3 Å². The Hall–Kier alpha value is -0.910. The molecular formula is C15H24N2O2S. The normalized spacial score (nSPS) is 23.1. The average Bonchev–Trinajstić information content (AvgIpc) is 2.84. The van der Waals surface area contributed by atoms with E-state index in [4.69, 9.17) is 5.73 Å². The molecule has 2 unspecified atom stereocenters. The topological polar surface area (TPSA) is 72.2 Å². The van der Waals surface area contributed by atoms with Crippen molar-refractivity contribution in [2.24, 2.45) is 17.6 Å². The maximum Gasteiger partial charge on any atom is 0.240 e. The summed E-state index contributed by atoms with van der Waals surface area (Å²) in [5.74, 6) is 1.20. The minimum absolute atomic E-state index is 0.337. The number of rotatable bonds is 6. The van der Waals surface area contributed by atoms with Gasteiger partial charge in [0.25, 0.3) is 0 Å². The van der Waals surface area contributed by atoms with Crippen LogP contribution in [-0.2, 0) is 16.4 Å². The lowest BCUT2D eigenvalue weighted by molar-refractivity contribution is 0.498. The summed E-state index contributed by atoms with van der Waals surface area (Å²) in [6.45, 7) is 3.35. The third-order valence-electron chi connectivity index (χ3n) is 4.03. The van der Waals surface area contributed by atoms with Gasteiger partial charge in [0.15, 0.2) is 0 Å². The van der Waals surface area contributed by atoms with Crippen LogP contribution in [0.5, 0.6) is 0 Å². The minimum atomic E-state index is -3.38. The summed E-state index contributed by atoms with van der Waals surface area (Å²) in [6, 6.07) is 6.98. The molecule has 1 saturated carbocycles. The molecule has 1 aliphatic carbocycles. The van der Waals surface area contributed by atoms with Crippen LogP contribution < -0.4 is 10.5 Å². The van der Waals surface area contributed by atoms with Crippen molar-refractivity contribution in [1.29, 1.82) is 0 Å². The monoisotopic (exact) mass is 296 g/mol. The predicted molar refractivity (Wildman–Crippen MR) is 80.9 cm³/mol. The van der Waals surface area contributed by atoms with Crippen LogP contribution in [0.2, 0.25) is 0 Å². The maximum atomic E-state index is 12.2. The molecule has 112 valence electrons. The zero-order valence-corrected chi connectivity index (χ0v) is 12.8. The van der Waals surface area contributed by atoms with E-state index in [9.17, 15) is 8.42 Å². The van der Waals surface area contributed by atoms with Gasteiger partial charge in [-0.2, -0.15) is 0 Å². The minimum Gasteiger partial charge on any atom is -0.330 e. The molecule has 1 fully saturated rings. The van der Waals surface area contributed by atoms with Gasteiger partial charge in [0.2, 0.25) is 10.0 Å². The third kappa shape index (κ3) is 4.04. The first kappa shape index (κ1) is 15.5. The molecule has 5 heteroatoms. The Kier molecular flexibility index (Phi) is 5.18. The maximum absolute atomic E-state index is 12.2. The van der Waals surface area contributed by atoms with E-state index < -0.39 is 10.0 Å². The smallest absolute Gasteiger partial charge is 0.240 e. The molecule has 1 aromatic rings. The van der Waals surface area contributed by atoms with Gasteiger partial charge in [-0.1, -0.05) is 25.5 Å². The van der Waals surface area contributed by atoms with Gasteiger partial charge in [0.05, 0.1) is 4.90 Å². The Balaban J connectivity index is 1.95. The van der Waals surface area contributed by atoms with Crippen LogP contribution in [0.1, 0.15) is 31.7 Å².